The average molecular weight is 621 g/mol. The van der Waals surface area contributed by atoms with Crippen LogP contribution >= 0.6 is 34.8 Å². The van der Waals surface area contributed by atoms with Crippen LogP contribution in [0.1, 0.15) is 48.0 Å². The molecule has 2 fully saturated rings. The zero-order chi connectivity index (χ0) is 29.2. The number of benzene rings is 2. The maximum atomic E-state index is 14.1. The Bertz CT molecular complexity index is 1230. The van der Waals surface area contributed by atoms with Crippen LogP contribution in [-0.4, -0.2) is 61.2 Å². The third kappa shape index (κ3) is 6.48. The number of carbonyl (C=O) groups is 2. The molecule has 1 atom stereocenters. The number of amides is 2. The van der Waals surface area contributed by atoms with Gasteiger partial charge >= 0.3 is 6.18 Å². The van der Waals surface area contributed by atoms with E-state index in [1.165, 1.54) is 6.07 Å². The van der Waals surface area contributed by atoms with Gasteiger partial charge in [0.05, 0.1) is 10.6 Å². The lowest BCUT2D eigenvalue weighted by atomic mass is 9.82. The molecule has 2 aromatic carbocycles. The first-order chi connectivity index (χ1) is 18.8. The molecule has 2 amide bonds. The van der Waals surface area contributed by atoms with E-state index in [0.29, 0.717) is 29.3 Å². The highest BCUT2D eigenvalue weighted by molar-refractivity contribution is 6.35. The molecule has 2 aromatic rings. The van der Waals surface area contributed by atoms with Crippen molar-refractivity contribution in [3.63, 3.8) is 0 Å². The summed E-state index contributed by atoms with van der Waals surface area (Å²) in [6.45, 7) is 1.92. The van der Waals surface area contributed by atoms with Crippen LogP contribution in [0.15, 0.2) is 36.4 Å². The smallest absolute Gasteiger partial charge is 0.371 e. The van der Waals surface area contributed by atoms with Crippen molar-refractivity contribution in [2.45, 2.75) is 43.9 Å². The number of alkyl halides is 3. The van der Waals surface area contributed by atoms with Crippen LogP contribution in [0.4, 0.5) is 18.9 Å². The standard InChI is InChI=1S/C28H31Cl3F3N3O3/c1-35-25(38)23-3-2-22(16-24(23)31)36-8-4-17(5-9-36)12-18-6-10-37(11-7-18)26(39)27(40,28(32,33)34)19-13-20(29)15-21(30)14-19/h2-3,13-18,40H,4-12H2,1H3,(H,35,38). The molecule has 2 aliphatic heterocycles. The van der Waals surface area contributed by atoms with Gasteiger partial charge in [-0.3, -0.25) is 9.59 Å². The third-order valence-corrected chi connectivity index (χ3v) is 8.72. The minimum absolute atomic E-state index is 0.105. The maximum absolute atomic E-state index is 14.1. The highest BCUT2D eigenvalue weighted by Crippen LogP contribution is 2.43. The first-order valence-electron chi connectivity index (χ1n) is 13.1. The number of nitrogens with zero attached hydrogens (tertiary/aromatic N) is 2. The predicted octanol–water partition coefficient (Wildman–Crippen LogP) is 6.30. The van der Waals surface area contributed by atoms with E-state index in [9.17, 15) is 27.9 Å². The minimum atomic E-state index is -5.25. The zero-order valence-electron chi connectivity index (χ0n) is 21.9. The number of aliphatic hydroxyl groups is 1. The summed E-state index contributed by atoms with van der Waals surface area (Å²) in [4.78, 5) is 28.3. The number of hydrogen-bond acceptors (Lipinski definition) is 4. The van der Waals surface area contributed by atoms with Crippen LogP contribution in [0, 0.1) is 11.8 Å². The number of piperidine rings is 2. The Balaban J connectivity index is 1.32. The molecule has 12 heteroatoms. The van der Waals surface area contributed by atoms with Crippen molar-refractivity contribution in [2.24, 2.45) is 11.8 Å². The molecule has 40 heavy (non-hydrogen) atoms. The average Bonchev–Trinajstić information content (AvgIpc) is 2.91. The van der Waals surface area contributed by atoms with Crippen molar-refractivity contribution in [2.75, 3.05) is 38.1 Å². The van der Waals surface area contributed by atoms with Crippen molar-refractivity contribution < 1.29 is 27.9 Å². The van der Waals surface area contributed by atoms with Gasteiger partial charge in [0, 0.05) is 54.5 Å². The normalized spacial score (nSPS) is 18.9. The van der Waals surface area contributed by atoms with E-state index in [1.54, 1.807) is 19.2 Å². The SMILES string of the molecule is CNC(=O)c1ccc(N2CCC(CC3CCN(C(=O)C(O)(c4cc(Cl)cc(Cl)c4)C(F)(F)F)CC3)CC2)cc1Cl. The molecule has 0 saturated carbocycles. The van der Waals surface area contributed by atoms with Crippen LogP contribution in [0.5, 0.6) is 0 Å². The number of carbonyl (C=O) groups excluding carboxylic acids is 2. The summed E-state index contributed by atoms with van der Waals surface area (Å²) in [6.07, 6.45) is -1.29. The fraction of sp³-hybridized carbons (Fsp3) is 0.500. The highest BCUT2D eigenvalue weighted by atomic mass is 35.5. The lowest BCUT2D eigenvalue weighted by Gasteiger charge is -2.40. The fourth-order valence-corrected chi connectivity index (χ4v) is 6.48. The number of anilines is 1. The molecular weight excluding hydrogens is 590 g/mol. The third-order valence-electron chi connectivity index (χ3n) is 7.97. The topological polar surface area (TPSA) is 72.9 Å². The molecule has 218 valence electrons. The van der Waals surface area contributed by atoms with E-state index in [2.05, 4.69) is 10.2 Å². The maximum Gasteiger partial charge on any atom is 0.430 e. The second-order valence-corrected chi connectivity index (χ2v) is 11.8. The van der Waals surface area contributed by atoms with Gasteiger partial charge in [-0.25, -0.2) is 0 Å². The molecule has 1 unspecified atom stereocenters. The summed E-state index contributed by atoms with van der Waals surface area (Å²) in [5.41, 5.74) is -3.04. The zero-order valence-corrected chi connectivity index (χ0v) is 24.2. The molecule has 0 aromatic heterocycles. The molecule has 2 aliphatic rings. The fourth-order valence-electron chi connectivity index (χ4n) is 5.69. The van der Waals surface area contributed by atoms with Crippen LogP contribution in [0.3, 0.4) is 0 Å². The van der Waals surface area contributed by atoms with E-state index < -0.39 is 23.2 Å². The number of halogens is 6. The van der Waals surface area contributed by atoms with Gasteiger partial charge in [0.1, 0.15) is 0 Å². The summed E-state index contributed by atoms with van der Waals surface area (Å²) >= 11 is 18.1. The predicted molar refractivity (Wildman–Crippen MR) is 150 cm³/mol. The number of rotatable bonds is 6. The van der Waals surface area contributed by atoms with Gasteiger partial charge in [-0.15, -0.1) is 0 Å². The molecule has 6 nitrogen and oxygen atoms in total. The lowest BCUT2D eigenvalue weighted by Crippen LogP contribution is -2.57. The summed E-state index contributed by atoms with van der Waals surface area (Å²) in [7, 11) is 1.55. The molecule has 2 N–H and O–H groups in total. The van der Waals surface area contributed by atoms with E-state index in [0.717, 1.165) is 55.1 Å². The Kier molecular flexibility index (Phi) is 9.49. The Morgan fingerprint density at radius 1 is 0.925 bits per heavy atom. The first kappa shape index (κ1) is 30.8. The minimum Gasteiger partial charge on any atom is -0.371 e. The quantitative estimate of drug-likeness (QED) is 0.398. The largest absolute Gasteiger partial charge is 0.430 e. The van der Waals surface area contributed by atoms with E-state index in [1.807, 2.05) is 6.07 Å². The van der Waals surface area contributed by atoms with Crippen LogP contribution in [-0.2, 0) is 10.4 Å². The van der Waals surface area contributed by atoms with E-state index >= 15 is 0 Å². The van der Waals surface area contributed by atoms with Gasteiger partial charge in [-0.1, -0.05) is 34.8 Å². The molecule has 0 bridgehead atoms. The van der Waals surface area contributed by atoms with Crippen molar-refractivity contribution in [1.29, 1.82) is 0 Å². The van der Waals surface area contributed by atoms with Crippen molar-refractivity contribution in [3.8, 4) is 0 Å². The van der Waals surface area contributed by atoms with Crippen molar-refractivity contribution >= 4 is 52.3 Å². The van der Waals surface area contributed by atoms with Gasteiger partial charge < -0.3 is 20.2 Å². The molecule has 2 heterocycles. The van der Waals surface area contributed by atoms with Gasteiger partial charge in [0.2, 0.25) is 0 Å². The van der Waals surface area contributed by atoms with Crippen molar-refractivity contribution in [1.82, 2.24) is 10.2 Å². The number of hydrogen-bond donors (Lipinski definition) is 2. The molecule has 2 saturated heterocycles. The summed E-state index contributed by atoms with van der Waals surface area (Å²) in [5.74, 6) is -0.905. The summed E-state index contributed by atoms with van der Waals surface area (Å²) < 4.78 is 42.2. The van der Waals surface area contributed by atoms with Crippen LogP contribution in [0.2, 0.25) is 15.1 Å². The molecule has 0 spiro atoms. The van der Waals surface area contributed by atoms with E-state index in [4.69, 9.17) is 34.8 Å². The van der Waals surface area contributed by atoms with Gasteiger partial charge in [0.15, 0.2) is 0 Å². The molecule has 0 aliphatic carbocycles. The Morgan fingerprint density at radius 2 is 1.48 bits per heavy atom. The van der Waals surface area contributed by atoms with Crippen molar-refractivity contribution in [3.05, 3.63) is 62.6 Å². The second-order valence-electron chi connectivity index (χ2n) is 10.5. The van der Waals surface area contributed by atoms with E-state index in [-0.39, 0.29) is 35.0 Å². The van der Waals surface area contributed by atoms with Gasteiger partial charge in [0.25, 0.3) is 17.4 Å². The highest BCUT2D eigenvalue weighted by Gasteiger charge is 2.62. The number of nitrogens with one attached hydrogen (secondary N) is 1. The Morgan fingerprint density at radius 3 is 1.98 bits per heavy atom. The molecule has 0 radical (unpaired) electrons. The summed E-state index contributed by atoms with van der Waals surface area (Å²) in [6, 6.07) is 8.49. The monoisotopic (exact) mass is 619 g/mol. The molecule has 4 rings (SSSR count). The van der Waals surface area contributed by atoms with Crippen LogP contribution < -0.4 is 10.2 Å². The van der Waals surface area contributed by atoms with Crippen LogP contribution in [0.25, 0.3) is 0 Å². The van der Waals surface area contributed by atoms with Gasteiger partial charge in [-0.05, 0) is 80.3 Å². The second kappa shape index (κ2) is 12.3. The Labute approximate surface area is 246 Å². The molecular formula is C28H31Cl3F3N3O3. The first-order valence-corrected chi connectivity index (χ1v) is 14.3. The van der Waals surface area contributed by atoms with Gasteiger partial charge in [-0.2, -0.15) is 13.2 Å². The summed E-state index contributed by atoms with van der Waals surface area (Å²) in [5, 5.41) is 13.5. The number of likely N-dealkylation sites (tertiary alicyclic amines) is 1. The Hall–Kier alpha value is -2.20. The lowest BCUT2D eigenvalue weighted by molar-refractivity contribution is -0.262.